The third kappa shape index (κ3) is 1.54. The van der Waals surface area contributed by atoms with Crippen LogP contribution in [-0.4, -0.2) is 18.6 Å². The molecule has 1 unspecified atom stereocenters. The van der Waals surface area contributed by atoms with Gasteiger partial charge in [0.05, 0.1) is 7.11 Å². The average Bonchev–Trinajstić information content (AvgIpc) is 2.92. The van der Waals surface area contributed by atoms with E-state index in [2.05, 4.69) is 30.2 Å². The number of hydrogen-bond acceptors (Lipinski definition) is 2. The molecule has 3 heteroatoms. The van der Waals surface area contributed by atoms with E-state index in [1.54, 1.807) is 7.11 Å². The maximum atomic E-state index is 5.54. The van der Waals surface area contributed by atoms with Gasteiger partial charge in [0.2, 0.25) is 0 Å². The summed E-state index contributed by atoms with van der Waals surface area (Å²) in [5, 5.41) is 4.88. The third-order valence-electron chi connectivity index (χ3n) is 4.11. The Balaban J connectivity index is 2.30. The zero-order valence-electron chi connectivity index (χ0n) is 11.3. The van der Waals surface area contributed by atoms with Gasteiger partial charge in [-0.1, -0.05) is 6.07 Å². The SMILES string of the molecule is COc1cccc2[nH]c(C)c(C3(C)CCCN3)c12. The van der Waals surface area contributed by atoms with Gasteiger partial charge in [0.25, 0.3) is 0 Å². The van der Waals surface area contributed by atoms with E-state index in [1.807, 2.05) is 12.1 Å². The zero-order chi connectivity index (χ0) is 12.8. The monoisotopic (exact) mass is 244 g/mol. The zero-order valence-corrected chi connectivity index (χ0v) is 11.3. The van der Waals surface area contributed by atoms with E-state index >= 15 is 0 Å². The molecule has 2 aromatic rings. The smallest absolute Gasteiger partial charge is 0.128 e. The third-order valence-corrected chi connectivity index (χ3v) is 4.11. The predicted molar refractivity (Wildman–Crippen MR) is 74.2 cm³/mol. The summed E-state index contributed by atoms with van der Waals surface area (Å²) >= 11 is 0. The van der Waals surface area contributed by atoms with Crippen molar-refractivity contribution in [1.29, 1.82) is 0 Å². The van der Waals surface area contributed by atoms with Gasteiger partial charge < -0.3 is 15.0 Å². The molecule has 1 atom stereocenters. The summed E-state index contributed by atoms with van der Waals surface area (Å²) in [5.41, 5.74) is 3.84. The molecule has 0 spiro atoms. The molecule has 0 aliphatic carbocycles. The minimum Gasteiger partial charge on any atom is -0.496 e. The molecule has 2 N–H and O–H groups in total. The summed E-state index contributed by atoms with van der Waals surface area (Å²) in [6.07, 6.45) is 2.41. The number of ether oxygens (including phenoxy) is 1. The van der Waals surface area contributed by atoms with Crippen LogP contribution in [0, 0.1) is 6.92 Å². The van der Waals surface area contributed by atoms with Gasteiger partial charge in [-0.25, -0.2) is 0 Å². The standard InChI is InChI=1S/C15H20N2O/c1-10-14(15(2)8-5-9-16-15)13-11(17-10)6-4-7-12(13)18-3/h4,6-7,16-17H,5,8-9H2,1-3H3. The second kappa shape index (κ2) is 4.02. The number of rotatable bonds is 2. The summed E-state index contributed by atoms with van der Waals surface area (Å²) in [6.45, 7) is 5.54. The Hall–Kier alpha value is -1.48. The van der Waals surface area contributed by atoms with Crippen molar-refractivity contribution in [2.75, 3.05) is 13.7 Å². The number of benzene rings is 1. The van der Waals surface area contributed by atoms with E-state index in [1.165, 1.54) is 29.5 Å². The van der Waals surface area contributed by atoms with Gasteiger partial charge in [-0.05, 0) is 45.4 Å². The molecule has 96 valence electrons. The fourth-order valence-corrected chi connectivity index (χ4v) is 3.31. The van der Waals surface area contributed by atoms with Gasteiger partial charge in [-0.3, -0.25) is 0 Å². The molecule has 0 amide bonds. The van der Waals surface area contributed by atoms with E-state index < -0.39 is 0 Å². The van der Waals surface area contributed by atoms with Crippen LogP contribution in [0.4, 0.5) is 0 Å². The molecule has 1 aromatic carbocycles. The fourth-order valence-electron chi connectivity index (χ4n) is 3.31. The molecule has 1 aliphatic heterocycles. The minimum atomic E-state index is 0.0664. The molecule has 0 bridgehead atoms. The molecule has 3 rings (SSSR count). The second-order valence-electron chi connectivity index (χ2n) is 5.37. The predicted octanol–water partition coefficient (Wildman–Crippen LogP) is 3.08. The van der Waals surface area contributed by atoms with Crippen LogP contribution in [0.3, 0.4) is 0 Å². The highest BCUT2D eigenvalue weighted by atomic mass is 16.5. The Bertz CT molecular complexity index is 579. The maximum absolute atomic E-state index is 5.54. The number of fused-ring (bicyclic) bond motifs is 1. The lowest BCUT2D eigenvalue weighted by molar-refractivity contribution is 0.413. The molecule has 0 radical (unpaired) electrons. The van der Waals surface area contributed by atoms with Gasteiger partial charge in [0, 0.05) is 27.7 Å². The van der Waals surface area contributed by atoms with Crippen LogP contribution in [0.5, 0.6) is 5.75 Å². The highest BCUT2D eigenvalue weighted by Gasteiger charge is 2.34. The van der Waals surface area contributed by atoms with Gasteiger partial charge in [0.1, 0.15) is 5.75 Å². The molecular formula is C15H20N2O. The number of H-pyrrole nitrogens is 1. The number of aromatic nitrogens is 1. The van der Waals surface area contributed by atoms with Crippen LogP contribution in [0.15, 0.2) is 18.2 Å². The minimum absolute atomic E-state index is 0.0664. The summed E-state index contributed by atoms with van der Waals surface area (Å²) in [4.78, 5) is 3.48. The Morgan fingerprint density at radius 3 is 2.83 bits per heavy atom. The fraction of sp³-hybridized carbons (Fsp3) is 0.467. The van der Waals surface area contributed by atoms with Crippen molar-refractivity contribution in [3.05, 3.63) is 29.5 Å². The Kier molecular flexibility index (Phi) is 2.59. The number of methoxy groups -OCH3 is 1. The molecule has 18 heavy (non-hydrogen) atoms. The first-order chi connectivity index (χ1) is 8.65. The van der Waals surface area contributed by atoms with Crippen molar-refractivity contribution >= 4 is 10.9 Å². The molecule has 1 saturated heterocycles. The van der Waals surface area contributed by atoms with E-state index in [0.717, 1.165) is 17.8 Å². The first kappa shape index (κ1) is 11.6. The lowest BCUT2D eigenvalue weighted by Crippen LogP contribution is -2.33. The number of aryl methyl sites for hydroxylation is 1. The van der Waals surface area contributed by atoms with Crippen LogP contribution in [0.1, 0.15) is 31.0 Å². The largest absolute Gasteiger partial charge is 0.496 e. The molecule has 1 fully saturated rings. The van der Waals surface area contributed by atoms with Crippen LogP contribution in [0.25, 0.3) is 10.9 Å². The lowest BCUT2D eigenvalue weighted by atomic mass is 9.88. The Labute approximate surface area is 108 Å². The summed E-state index contributed by atoms with van der Waals surface area (Å²) < 4.78 is 5.54. The topological polar surface area (TPSA) is 37.0 Å². The van der Waals surface area contributed by atoms with Crippen molar-refractivity contribution in [1.82, 2.24) is 10.3 Å². The van der Waals surface area contributed by atoms with E-state index in [9.17, 15) is 0 Å². The van der Waals surface area contributed by atoms with Crippen molar-refractivity contribution in [3.8, 4) is 5.75 Å². The van der Waals surface area contributed by atoms with Gasteiger partial charge in [-0.15, -0.1) is 0 Å². The molecule has 1 aliphatic rings. The molecule has 2 heterocycles. The second-order valence-corrected chi connectivity index (χ2v) is 5.37. The summed E-state index contributed by atoms with van der Waals surface area (Å²) in [6, 6.07) is 6.19. The normalized spacial score (nSPS) is 23.7. The average molecular weight is 244 g/mol. The number of nitrogens with one attached hydrogen (secondary N) is 2. The molecule has 0 saturated carbocycles. The van der Waals surface area contributed by atoms with Gasteiger partial charge in [0.15, 0.2) is 0 Å². The summed E-state index contributed by atoms with van der Waals surface area (Å²) in [5.74, 6) is 0.960. The molecule has 3 nitrogen and oxygen atoms in total. The number of aromatic amines is 1. The Morgan fingerprint density at radius 2 is 2.17 bits per heavy atom. The van der Waals surface area contributed by atoms with Crippen molar-refractivity contribution in [3.63, 3.8) is 0 Å². The van der Waals surface area contributed by atoms with Crippen molar-refractivity contribution in [2.24, 2.45) is 0 Å². The van der Waals surface area contributed by atoms with Crippen LogP contribution in [-0.2, 0) is 5.54 Å². The maximum Gasteiger partial charge on any atom is 0.128 e. The first-order valence-corrected chi connectivity index (χ1v) is 6.56. The van der Waals surface area contributed by atoms with Crippen LogP contribution >= 0.6 is 0 Å². The van der Waals surface area contributed by atoms with Gasteiger partial charge >= 0.3 is 0 Å². The molecule has 1 aromatic heterocycles. The van der Waals surface area contributed by atoms with Crippen molar-refractivity contribution < 1.29 is 4.74 Å². The lowest BCUT2D eigenvalue weighted by Gasteiger charge is -2.25. The highest BCUT2D eigenvalue weighted by molar-refractivity contribution is 5.91. The van der Waals surface area contributed by atoms with Crippen LogP contribution in [0.2, 0.25) is 0 Å². The Morgan fingerprint density at radius 1 is 1.33 bits per heavy atom. The molecular weight excluding hydrogens is 224 g/mol. The quantitative estimate of drug-likeness (QED) is 0.851. The van der Waals surface area contributed by atoms with Crippen LogP contribution < -0.4 is 10.1 Å². The highest BCUT2D eigenvalue weighted by Crippen LogP contribution is 2.41. The van der Waals surface area contributed by atoms with E-state index in [-0.39, 0.29) is 5.54 Å². The van der Waals surface area contributed by atoms with E-state index in [4.69, 9.17) is 4.74 Å². The summed E-state index contributed by atoms with van der Waals surface area (Å²) in [7, 11) is 1.74. The van der Waals surface area contributed by atoms with Crippen molar-refractivity contribution in [2.45, 2.75) is 32.2 Å². The van der Waals surface area contributed by atoms with E-state index in [0.29, 0.717) is 0 Å². The number of hydrogen-bond donors (Lipinski definition) is 2. The first-order valence-electron chi connectivity index (χ1n) is 6.56. The van der Waals surface area contributed by atoms with Gasteiger partial charge in [-0.2, -0.15) is 0 Å².